The Kier molecular flexibility index (Phi) is 6.32. The molecule has 0 aliphatic carbocycles. The Morgan fingerprint density at radius 2 is 1.90 bits per heavy atom. The van der Waals surface area contributed by atoms with Crippen molar-refractivity contribution >= 4 is 15.9 Å². The van der Waals surface area contributed by atoms with Crippen LogP contribution in [0.15, 0.2) is 29.2 Å². The number of likely N-dealkylation sites (N-methyl/N-ethyl adjacent to an activating group) is 1. The summed E-state index contributed by atoms with van der Waals surface area (Å²) in [6.07, 6.45) is 0.269. The highest BCUT2D eigenvalue weighted by atomic mass is 32.2. The van der Waals surface area contributed by atoms with Gasteiger partial charge in [-0.25, -0.2) is 13.1 Å². The van der Waals surface area contributed by atoms with Gasteiger partial charge in [-0.2, -0.15) is 0 Å². The van der Waals surface area contributed by atoms with Gasteiger partial charge in [0.2, 0.25) is 15.9 Å². The van der Waals surface area contributed by atoms with Gasteiger partial charge in [0.25, 0.3) is 0 Å². The Hall–Kier alpha value is -1.44. The van der Waals surface area contributed by atoms with Crippen LogP contribution in [0.2, 0.25) is 0 Å². The molecule has 1 unspecified atom stereocenters. The average molecular weight is 314 g/mol. The smallest absolute Gasteiger partial charge is 0.241 e. The molecule has 118 valence electrons. The van der Waals surface area contributed by atoms with Crippen molar-refractivity contribution in [3.63, 3.8) is 0 Å². The summed E-state index contributed by atoms with van der Waals surface area (Å²) in [5.74, 6) is -0.348. The molecule has 0 aliphatic rings. The Morgan fingerprint density at radius 3 is 2.38 bits per heavy atom. The van der Waals surface area contributed by atoms with Gasteiger partial charge in [-0.15, -0.1) is 0 Å². The van der Waals surface area contributed by atoms with Crippen LogP contribution in [0, 0.1) is 6.92 Å². The van der Waals surface area contributed by atoms with E-state index in [0.29, 0.717) is 6.42 Å². The Labute approximate surface area is 126 Å². The van der Waals surface area contributed by atoms with E-state index in [4.69, 9.17) is 4.74 Å². The van der Waals surface area contributed by atoms with Crippen LogP contribution >= 0.6 is 0 Å². The highest BCUT2D eigenvalue weighted by Gasteiger charge is 2.20. The molecule has 6 nitrogen and oxygen atoms in total. The van der Waals surface area contributed by atoms with Crippen LogP contribution in [-0.4, -0.2) is 46.2 Å². The van der Waals surface area contributed by atoms with E-state index < -0.39 is 10.0 Å². The summed E-state index contributed by atoms with van der Waals surface area (Å²) >= 11 is 0. The summed E-state index contributed by atoms with van der Waals surface area (Å²) in [4.78, 5) is 13.5. The molecule has 1 atom stereocenters. The summed E-state index contributed by atoms with van der Waals surface area (Å²) in [5.41, 5.74) is 0.968. The lowest BCUT2D eigenvalue weighted by Crippen LogP contribution is -2.43. The summed E-state index contributed by atoms with van der Waals surface area (Å²) in [6.45, 7) is 3.46. The van der Waals surface area contributed by atoms with Gasteiger partial charge >= 0.3 is 0 Å². The SMILES string of the molecule is CCC(OC)N(C)C(=O)CNS(=O)(=O)c1ccc(C)cc1. The molecule has 0 saturated heterocycles. The third-order valence-electron chi connectivity index (χ3n) is 3.19. The van der Waals surface area contributed by atoms with Crippen LogP contribution in [0.3, 0.4) is 0 Å². The molecule has 1 rings (SSSR count). The number of rotatable bonds is 7. The lowest BCUT2D eigenvalue weighted by Gasteiger charge is -2.25. The van der Waals surface area contributed by atoms with Crippen molar-refractivity contribution in [2.45, 2.75) is 31.4 Å². The van der Waals surface area contributed by atoms with Crippen LogP contribution in [0.1, 0.15) is 18.9 Å². The normalized spacial score (nSPS) is 13.0. The number of benzene rings is 1. The number of carbonyl (C=O) groups is 1. The number of amides is 1. The molecule has 0 saturated carbocycles. The number of nitrogens with one attached hydrogen (secondary N) is 1. The summed E-state index contributed by atoms with van der Waals surface area (Å²) in [5, 5.41) is 0. The predicted molar refractivity (Wildman–Crippen MR) is 80.2 cm³/mol. The fourth-order valence-electron chi connectivity index (χ4n) is 1.84. The fraction of sp³-hybridized carbons (Fsp3) is 0.500. The molecule has 0 heterocycles. The number of aryl methyl sites for hydroxylation is 1. The van der Waals surface area contributed by atoms with Crippen molar-refractivity contribution in [1.82, 2.24) is 9.62 Å². The maximum Gasteiger partial charge on any atom is 0.241 e. The van der Waals surface area contributed by atoms with Crippen LogP contribution in [0.4, 0.5) is 0 Å². The molecule has 0 aliphatic heterocycles. The van der Waals surface area contributed by atoms with Crippen molar-refractivity contribution in [2.24, 2.45) is 0 Å². The molecular weight excluding hydrogens is 292 g/mol. The minimum absolute atomic E-state index is 0.141. The topological polar surface area (TPSA) is 75.7 Å². The van der Waals surface area contributed by atoms with Crippen LogP contribution in [0.5, 0.6) is 0 Å². The molecule has 0 radical (unpaired) electrons. The van der Waals surface area contributed by atoms with Gasteiger partial charge in [0.1, 0.15) is 6.23 Å². The molecule has 0 aromatic heterocycles. The first-order chi connectivity index (χ1) is 9.81. The third kappa shape index (κ3) is 4.80. The number of hydrogen-bond donors (Lipinski definition) is 1. The van der Waals surface area contributed by atoms with E-state index in [1.165, 1.54) is 24.1 Å². The number of ether oxygens (including phenoxy) is 1. The fourth-order valence-corrected chi connectivity index (χ4v) is 2.82. The van der Waals surface area contributed by atoms with Crippen LogP contribution in [-0.2, 0) is 19.6 Å². The first-order valence-corrected chi connectivity index (χ1v) is 8.15. The van der Waals surface area contributed by atoms with Crippen LogP contribution < -0.4 is 4.72 Å². The lowest BCUT2D eigenvalue weighted by atomic mass is 10.2. The van der Waals surface area contributed by atoms with Crippen LogP contribution in [0.25, 0.3) is 0 Å². The van der Waals surface area contributed by atoms with Gasteiger partial charge in [-0.1, -0.05) is 24.6 Å². The number of carbonyl (C=O) groups excluding carboxylic acids is 1. The van der Waals surface area contributed by atoms with Crippen molar-refractivity contribution in [2.75, 3.05) is 20.7 Å². The maximum atomic E-state index is 12.1. The summed E-state index contributed by atoms with van der Waals surface area (Å²) in [6, 6.07) is 6.44. The number of sulfonamides is 1. The Balaban J connectivity index is 2.69. The zero-order valence-corrected chi connectivity index (χ0v) is 13.6. The van der Waals surface area contributed by atoms with E-state index in [1.807, 2.05) is 13.8 Å². The lowest BCUT2D eigenvalue weighted by molar-refractivity contribution is -0.140. The second-order valence-electron chi connectivity index (χ2n) is 4.74. The molecule has 0 fully saturated rings. The first-order valence-electron chi connectivity index (χ1n) is 6.66. The monoisotopic (exact) mass is 314 g/mol. The molecule has 0 bridgehead atoms. The van der Waals surface area contributed by atoms with Crippen molar-refractivity contribution in [3.05, 3.63) is 29.8 Å². The van der Waals surface area contributed by atoms with E-state index >= 15 is 0 Å². The number of methoxy groups -OCH3 is 1. The summed E-state index contributed by atoms with van der Waals surface area (Å²) < 4.78 is 31.6. The number of nitrogens with zero attached hydrogens (tertiary/aromatic N) is 1. The van der Waals surface area contributed by atoms with E-state index in [1.54, 1.807) is 19.2 Å². The average Bonchev–Trinajstić information content (AvgIpc) is 2.46. The van der Waals surface area contributed by atoms with E-state index in [0.717, 1.165) is 5.56 Å². The van der Waals surface area contributed by atoms with E-state index in [2.05, 4.69) is 4.72 Å². The number of hydrogen-bond acceptors (Lipinski definition) is 4. The molecule has 0 spiro atoms. The predicted octanol–water partition coefficient (Wildman–Crippen LogP) is 1.11. The third-order valence-corrected chi connectivity index (χ3v) is 4.61. The van der Waals surface area contributed by atoms with Crippen molar-refractivity contribution in [1.29, 1.82) is 0 Å². The minimum Gasteiger partial charge on any atom is -0.362 e. The molecule has 1 aromatic rings. The van der Waals surface area contributed by atoms with Crippen molar-refractivity contribution < 1.29 is 17.9 Å². The second-order valence-corrected chi connectivity index (χ2v) is 6.51. The molecule has 1 amide bonds. The molecule has 7 heteroatoms. The summed E-state index contributed by atoms with van der Waals surface area (Å²) in [7, 11) is -0.591. The highest BCUT2D eigenvalue weighted by molar-refractivity contribution is 7.89. The quantitative estimate of drug-likeness (QED) is 0.765. The molecule has 21 heavy (non-hydrogen) atoms. The Bertz CT molecular complexity index is 565. The van der Waals surface area contributed by atoms with Gasteiger partial charge in [-0.3, -0.25) is 4.79 Å². The highest BCUT2D eigenvalue weighted by Crippen LogP contribution is 2.10. The van der Waals surface area contributed by atoms with Gasteiger partial charge in [0, 0.05) is 14.2 Å². The standard InChI is InChI=1S/C14H22N2O4S/c1-5-14(20-4)16(3)13(17)10-15-21(18,19)12-8-6-11(2)7-9-12/h6-9,14-15H,5,10H2,1-4H3. The van der Waals surface area contributed by atoms with Crippen molar-refractivity contribution in [3.8, 4) is 0 Å². The minimum atomic E-state index is -3.68. The van der Waals surface area contributed by atoms with E-state index in [9.17, 15) is 13.2 Å². The molecular formula is C14H22N2O4S. The maximum absolute atomic E-state index is 12.1. The van der Waals surface area contributed by atoms with Gasteiger partial charge < -0.3 is 9.64 Å². The van der Waals surface area contributed by atoms with Gasteiger partial charge in [-0.05, 0) is 25.5 Å². The van der Waals surface area contributed by atoms with E-state index in [-0.39, 0.29) is 23.6 Å². The largest absolute Gasteiger partial charge is 0.362 e. The Morgan fingerprint density at radius 1 is 1.33 bits per heavy atom. The van der Waals surface area contributed by atoms with Gasteiger partial charge in [0.15, 0.2) is 0 Å². The zero-order valence-electron chi connectivity index (χ0n) is 12.8. The second kappa shape index (κ2) is 7.53. The zero-order chi connectivity index (χ0) is 16.0. The molecule has 1 N–H and O–H groups in total. The first kappa shape index (κ1) is 17.6. The van der Waals surface area contributed by atoms with Gasteiger partial charge in [0.05, 0.1) is 11.4 Å². The molecule has 1 aromatic carbocycles.